The van der Waals surface area contributed by atoms with E-state index in [1.54, 1.807) is 6.07 Å². The second-order valence-corrected chi connectivity index (χ2v) is 7.18. The zero-order valence-corrected chi connectivity index (χ0v) is 15.2. The molecule has 3 amide bonds. The molecule has 0 saturated heterocycles. The van der Waals surface area contributed by atoms with Crippen LogP contribution in [-0.4, -0.2) is 30.1 Å². The number of benzene rings is 1. The van der Waals surface area contributed by atoms with Gasteiger partial charge in [0.15, 0.2) is 6.10 Å². The molecule has 1 fully saturated rings. The van der Waals surface area contributed by atoms with Gasteiger partial charge in [0.25, 0.3) is 5.91 Å². The zero-order chi connectivity index (χ0) is 18.5. The van der Waals surface area contributed by atoms with Gasteiger partial charge < -0.3 is 10.1 Å². The number of esters is 1. The fraction of sp³-hybridized carbons (Fsp3) is 0.550. The Morgan fingerprint density at radius 3 is 2.46 bits per heavy atom. The molecule has 1 aromatic carbocycles. The molecule has 0 aliphatic heterocycles. The van der Waals surface area contributed by atoms with Gasteiger partial charge >= 0.3 is 12.0 Å². The lowest BCUT2D eigenvalue weighted by Crippen LogP contribution is -2.47. The number of hydrogen-bond donors (Lipinski definition) is 2. The Hall–Kier alpha value is -2.37. The van der Waals surface area contributed by atoms with Crippen molar-refractivity contribution in [2.75, 3.05) is 0 Å². The van der Waals surface area contributed by atoms with Crippen LogP contribution in [0.3, 0.4) is 0 Å². The van der Waals surface area contributed by atoms with Crippen LogP contribution in [0.25, 0.3) is 0 Å². The van der Waals surface area contributed by atoms with E-state index in [4.69, 9.17) is 4.74 Å². The van der Waals surface area contributed by atoms with E-state index in [-0.39, 0.29) is 6.04 Å². The van der Waals surface area contributed by atoms with Gasteiger partial charge in [0.1, 0.15) is 0 Å². The molecule has 6 nitrogen and oxygen atoms in total. The van der Waals surface area contributed by atoms with Crippen molar-refractivity contribution in [3.63, 3.8) is 0 Å². The van der Waals surface area contributed by atoms with Crippen molar-refractivity contribution < 1.29 is 19.1 Å². The highest BCUT2D eigenvalue weighted by atomic mass is 16.5. The van der Waals surface area contributed by atoms with Crippen molar-refractivity contribution in [2.45, 2.75) is 70.4 Å². The third-order valence-corrected chi connectivity index (χ3v) is 5.16. The van der Waals surface area contributed by atoms with E-state index in [2.05, 4.69) is 10.6 Å². The normalized spacial score (nSPS) is 17.9. The summed E-state index contributed by atoms with van der Waals surface area (Å²) < 4.78 is 5.23. The Bertz CT molecular complexity index is 695. The SMILES string of the molecule is C[C@H](OC(=O)c1ccc2c(c1)CCCC2)C(=O)NC(=O)NC1CCCC1. The predicted molar refractivity (Wildman–Crippen MR) is 96.9 cm³/mol. The first-order chi connectivity index (χ1) is 12.5. The van der Waals surface area contributed by atoms with Crippen LogP contribution in [0.15, 0.2) is 18.2 Å². The predicted octanol–water partition coefficient (Wildman–Crippen LogP) is 2.88. The number of aryl methyl sites for hydroxylation is 2. The number of nitrogens with one attached hydrogen (secondary N) is 2. The number of carbonyl (C=O) groups excluding carboxylic acids is 3. The monoisotopic (exact) mass is 358 g/mol. The molecule has 1 saturated carbocycles. The molecule has 0 heterocycles. The maximum atomic E-state index is 12.3. The number of ether oxygens (including phenoxy) is 1. The fourth-order valence-electron chi connectivity index (χ4n) is 3.65. The van der Waals surface area contributed by atoms with Crippen molar-refractivity contribution in [2.24, 2.45) is 0 Å². The number of imide groups is 1. The fourth-order valence-corrected chi connectivity index (χ4v) is 3.65. The largest absolute Gasteiger partial charge is 0.449 e. The summed E-state index contributed by atoms with van der Waals surface area (Å²) in [5, 5.41) is 5.02. The Balaban J connectivity index is 1.51. The molecule has 3 rings (SSSR count). The van der Waals surface area contributed by atoms with Crippen molar-refractivity contribution >= 4 is 17.9 Å². The molecule has 0 bridgehead atoms. The van der Waals surface area contributed by atoms with Gasteiger partial charge in [-0.05, 0) is 68.7 Å². The molecule has 2 aliphatic rings. The van der Waals surface area contributed by atoms with Crippen LogP contribution in [0.4, 0.5) is 4.79 Å². The van der Waals surface area contributed by atoms with E-state index in [0.29, 0.717) is 5.56 Å². The summed E-state index contributed by atoms with van der Waals surface area (Å²) in [4.78, 5) is 36.2. The molecule has 6 heteroatoms. The third-order valence-electron chi connectivity index (χ3n) is 5.16. The lowest BCUT2D eigenvalue weighted by molar-refractivity contribution is -0.127. The summed E-state index contributed by atoms with van der Waals surface area (Å²) >= 11 is 0. The quantitative estimate of drug-likeness (QED) is 0.811. The van der Waals surface area contributed by atoms with Crippen LogP contribution in [-0.2, 0) is 22.4 Å². The van der Waals surface area contributed by atoms with Crippen LogP contribution in [0.2, 0.25) is 0 Å². The molecule has 140 valence electrons. The van der Waals surface area contributed by atoms with Gasteiger partial charge in [0, 0.05) is 6.04 Å². The first kappa shape index (κ1) is 18.4. The molecule has 26 heavy (non-hydrogen) atoms. The number of hydrogen-bond acceptors (Lipinski definition) is 4. The van der Waals surface area contributed by atoms with E-state index in [1.165, 1.54) is 24.5 Å². The molecule has 2 N–H and O–H groups in total. The van der Waals surface area contributed by atoms with Crippen LogP contribution >= 0.6 is 0 Å². The molecule has 1 aromatic rings. The van der Waals surface area contributed by atoms with Crippen LogP contribution < -0.4 is 10.6 Å². The van der Waals surface area contributed by atoms with Crippen LogP contribution in [0.1, 0.15) is 66.9 Å². The van der Waals surface area contributed by atoms with Gasteiger partial charge in [0.05, 0.1) is 5.56 Å². The Morgan fingerprint density at radius 2 is 1.73 bits per heavy atom. The average molecular weight is 358 g/mol. The highest BCUT2D eigenvalue weighted by Gasteiger charge is 2.23. The van der Waals surface area contributed by atoms with Gasteiger partial charge in [0.2, 0.25) is 0 Å². The maximum Gasteiger partial charge on any atom is 0.338 e. The summed E-state index contributed by atoms with van der Waals surface area (Å²) in [7, 11) is 0. The first-order valence-electron chi connectivity index (χ1n) is 9.47. The summed E-state index contributed by atoms with van der Waals surface area (Å²) in [6.45, 7) is 1.47. The second kappa shape index (κ2) is 8.34. The van der Waals surface area contributed by atoms with E-state index in [1.807, 2.05) is 12.1 Å². The van der Waals surface area contributed by atoms with E-state index >= 15 is 0 Å². The number of carbonyl (C=O) groups is 3. The van der Waals surface area contributed by atoms with Crippen molar-refractivity contribution in [1.82, 2.24) is 10.6 Å². The Labute approximate surface area is 153 Å². The molecular formula is C20H26N2O4. The van der Waals surface area contributed by atoms with Gasteiger partial charge in [-0.3, -0.25) is 10.1 Å². The average Bonchev–Trinajstić information content (AvgIpc) is 3.13. The molecular weight excluding hydrogens is 332 g/mol. The smallest absolute Gasteiger partial charge is 0.338 e. The molecule has 0 aromatic heterocycles. The van der Waals surface area contributed by atoms with Crippen molar-refractivity contribution in [3.05, 3.63) is 34.9 Å². The minimum atomic E-state index is -1.03. The molecule has 1 atom stereocenters. The van der Waals surface area contributed by atoms with Crippen LogP contribution in [0, 0.1) is 0 Å². The zero-order valence-electron chi connectivity index (χ0n) is 15.2. The van der Waals surface area contributed by atoms with Gasteiger partial charge in [-0.25, -0.2) is 9.59 Å². The first-order valence-corrected chi connectivity index (χ1v) is 9.47. The minimum Gasteiger partial charge on any atom is -0.449 e. The van der Waals surface area contributed by atoms with Crippen molar-refractivity contribution in [1.29, 1.82) is 0 Å². The summed E-state index contributed by atoms with van der Waals surface area (Å²) in [6.07, 6.45) is 7.33. The highest BCUT2D eigenvalue weighted by molar-refractivity contribution is 5.98. The number of fused-ring (bicyclic) bond motifs is 1. The number of amides is 3. The number of rotatable bonds is 4. The standard InChI is InChI=1S/C20H26N2O4/c1-13(18(23)22-20(25)21-17-8-4-5-9-17)26-19(24)16-11-10-14-6-2-3-7-15(14)12-16/h10-13,17H,2-9H2,1H3,(H2,21,22,23,25)/t13-/m0/s1. The van der Waals surface area contributed by atoms with Gasteiger partial charge in [-0.1, -0.05) is 18.9 Å². The van der Waals surface area contributed by atoms with Gasteiger partial charge in [-0.15, -0.1) is 0 Å². The lowest BCUT2D eigenvalue weighted by Gasteiger charge is -2.18. The Kier molecular flexibility index (Phi) is 5.91. The third kappa shape index (κ3) is 4.62. The molecule has 0 spiro atoms. The summed E-state index contributed by atoms with van der Waals surface area (Å²) in [5.74, 6) is -1.16. The molecule has 2 aliphatic carbocycles. The second-order valence-electron chi connectivity index (χ2n) is 7.18. The van der Waals surface area contributed by atoms with Crippen molar-refractivity contribution in [3.8, 4) is 0 Å². The van der Waals surface area contributed by atoms with E-state index in [0.717, 1.165) is 44.9 Å². The highest BCUT2D eigenvalue weighted by Crippen LogP contribution is 2.22. The summed E-state index contributed by atoms with van der Waals surface area (Å²) in [5.41, 5.74) is 2.90. The summed E-state index contributed by atoms with van der Waals surface area (Å²) in [6, 6.07) is 5.15. The topological polar surface area (TPSA) is 84.5 Å². The molecule has 0 unspecified atom stereocenters. The van der Waals surface area contributed by atoms with Crippen LogP contribution in [0.5, 0.6) is 0 Å². The van der Waals surface area contributed by atoms with E-state index in [9.17, 15) is 14.4 Å². The molecule has 0 radical (unpaired) electrons. The minimum absolute atomic E-state index is 0.121. The Morgan fingerprint density at radius 1 is 1.04 bits per heavy atom. The maximum absolute atomic E-state index is 12.3. The lowest BCUT2D eigenvalue weighted by atomic mass is 9.90. The van der Waals surface area contributed by atoms with Gasteiger partial charge in [-0.2, -0.15) is 0 Å². The van der Waals surface area contributed by atoms with E-state index < -0.39 is 24.0 Å². The number of urea groups is 1.